The molecule has 2 heterocycles. The van der Waals surface area contributed by atoms with Gasteiger partial charge in [-0.1, -0.05) is 155 Å². The van der Waals surface area contributed by atoms with E-state index in [1.807, 2.05) is 60.7 Å². The van der Waals surface area contributed by atoms with Crippen LogP contribution in [0.25, 0.3) is 22.4 Å². The first kappa shape index (κ1) is 45.0. The number of unbranched alkanes of at least 4 members (excludes halogenated alkanes) is 2. The molecule has 2 fully saturated rings. The highest BCUT2D eigenvalue weighted by Gasteiger charge is 2.58. The van der Waals surface area contributed by atoms with E-state index < -0.39 is 45.3 Å². The SMILES string of the molecule is CC(C)(C)[Si](OCC1=C2[C@@H](CC/C(=C/c3ccc(O)c4ccccc34)c3ccccc3)OB(O)C[C@@H]2[C@@H]2C(=O)N(CCCCCC(=O)O)C(=O)[C@@H]2C1)(c1ccccc1)c1ccccc1. The van der Waals surface area contributed by atoms with Crippen LogP contribution in [0.4, 0.5) is 0 Å². The molecule has 330 valence electrons. The zero-order valence-corrected chi connectivity index (χ0v) is 38.0. The smallest absolute Gasteiger partial charge is 0.455 e. The minimum absolute atomic E-state index is 0.0448. The van der Waals surface area contributed by atoms with E-state index in [0.717, 1.165) is 49.0 Å². The number of phenolic OH excluding ortho intramolecular Hbond substituents is 1. The Balaban J connectivity index is 1.19. The monoisotopic (exact) mass is 875 g/mol. The Hall–Kier alpha value is -5.59. The molecule has 3 aliphatic rings. The summed E-state index contributed by atoms with van der Waals surface area (Å²) in [5.74, 6) is -2.76. The number of carboxylic acids is 1. The molecule has 5 aromatic rings. The summed E-state index contributed by atoms with van der Waals surface area (Å²) in [6, 6.07) is 42.6. The average Bonchev–Trinajstić information content (AvgIpc) is 3.53. The van der Waals surface area contributed by atoms with Crippen LogP contribution in [0.15, 0.2) is 139 Å². The molecule has 0 aromatic heterocycles. The lowest BCUT2D eigenvalue weighted by Gasteiger charge is -2.46. The Bertz CT molecular complexity index is 2500. The van der Waals surface area contributed by atoms with Crippen LogP contribution in [0.1, 0.15) is 76.8 Å². The minimum atomic E-state index is -3.04. The summed E-state index contributed by atoms with van der Waals surface area (Å²) in [6.07, 6.45) is 4.83. The topological polar surface area (TPSA) is 134 Å². The number of phenols is 1. The number of amides is 2. The van der Waals surface area contributed by atoms with Gasteiger partial charge < -0.3 is 24.3 Å². The maximum Gasteiger partial charge on any atom is 0.455 e. The third-order valence-corrected chi connectivity index (χ3v) is 18.6. The van der Waals surface area contributed by atoms with Crippen LogP contribution in [-0.2, 0) is 23.5 Å². The molecule has 9 nitrogen and oxygen atoms in total. The van der Waals surface area contributed by atoms with Gasteiger partial charge in [-0.2, -0.15) is 0 Å². The predicted octanol–water partition coefficient (Wildman–Crippen LogP) is 8.88. The van der Waals surface area contributed by atoms with Gasteiger partial charge in [0.25, 0.3) is 8.32 Å². The number of rotatable bonds is 16. The van der Waals surface area contributed by atoms with Gasteiger partial charge in [0, 0.05) is 18.4 Å². The number of likely N-dealkylation sites (tertiary alicyclic amines) is 1. The number of hydrogen-bond acceptors (Lipinski definition) is 7. The van der Waals surface area contributed by atoms with Crippen molar-refractivity contribution < 1.29 is 38.7 Å². The van der Waals surface area contributed by atoms with E-state index in [4.69, 9.17) is 14.2 Å². The van der Waals surface area contributed by atoms with Crippen molar-refractivity contribution in [2.45, 2.75) is 83.2 Å². The number of fused-ring (bicyclic) bond motifs is 4. The zero-order valence-electron chi connectivity index (χ0n) is 37.0. The summed E-state index contributed by atoms with van der Waals surface area (Å²) in [6.45, 7) is 7.18. The minimum Gasteiger partial charge on any atom is -0.507 e. The van der Waals surface area contributed by atoms with E-state index >= 15 is 0 Å². The number of carbonyl (C=O) groups excluding carboxylic acids is 2. The van der Waals surface area contributed by atoms with Gasteiger partial charge in [-0.25, -0.2) is 0 Å². The lowest BCUT2D eigenvalue weighted by atomic mass is 9.58. The highest BCUT2D eigenvalue weighted by Crippen LogP contribution is 2.51. The standard InChI is InChI=1S/C53H58BNO8Si/c1-53(2,3)64(40-20-10-5-11-21-40,41-22-12-6-13-23-41)62-35-39-33-44-50(52(60)55(51(44)59)31-17-7-14-26-48(57)58)45-34-54(61)63-47(49(39)45)30-28-37(36-18-8-4-9-19-36)32-38-27-29-46(56)43-25-16-15-24-42(38)43/h4-6,8-13,15-16,18-25,27,29,32,44-45,47,50,56,61H,7,14,17,26,28,30-31,33-35H2,1-3H3,(H,57,58)/b37-32-/t44-,45+,47-,50-/m1/s1. The molecule has 11 heteroatoms. The predicted molar refractivity (Wildman–Crippen MR) is 255 cm³/mol. The summed E-state index contributed by atoms with van der Waals surface area (Å²) in [7, 11) is -4.19. The van der Waals surface area contributed by atoms with Crippen molar-refractivity contribution >= 4 is 66.0 Å². The number of hydrogen-bond donors (Lipinski definition) is 3. The second-order valence-electron chi connectivity index (χ2n) is 18.6. The molecular formula is C53H58BNO8Si. The number of nitrogens with zero attached hydrogens (tertiary/aromatic N) is 1. The van der Waals surface area contributed by atoms with Crippen LogP contribution in [0.5, 0.6) is 5.75 Å². The maximum atomic E-state index is 14.5. The number of aromatic hydroxyl groups is 1. The third kappa shape index (κ3) is 9.04. The number of carbonyl (C=O) groups is 3. The van der Waals surface area contributed by atoms with E-state index in [2.05, 4.69) is 87.5 Å². The van der Waals surface area contributed by atoms with Crippen molar-refractivity contribution in [3.63, 3.8) is 0 Å². The molecule has 4 atom stereocenters. The highest BCUT2D eigenvalue weighted by atomic mass is 28.4. The molecule has 2 saturated heterocycles. The summed E-state index contributed by atoms with van der Waals surface area (Å²) >= 11 is 0. The molecule has 0 spiro atoms. The number of imide groups is 1. The second-order valence-corrected chi connectivity index (χ2v) is 22.9. The van der Waals surface area contributed by atoms with Gasteiger partial charge in [0.15, 0.2) is 0 Å². The van der Waals surface area contributed by atoms with E-state index in [0.29, 0.717) is 38.5 Å². The zero-order chi connectivity index (χ0) is 45.0. The van der Waals surface area contributed by atoms with Crippen molar-refractivity contribution in [2.75, 3.05) is 13.2 Å². The molecule has 64 heavy (non-hydrogen) atoms. The van der Waals surface area contributed by atoms with E-state index in [1.54, 1.807) is 6.07 Å². The van der Waals surface area contributed by atoms with Gasteiger partial charge in [-0.05, 0) is 99.1 Å². The number of carboxylic acid groups (broad SMARTS) is 1. The molecule has 0 bridgehead atoms. The Morgan fingerprint density at radius 2 is 1.42 bits per heavy atom. The van der Waals surface area contributed by atoms with Crippen LogP contribution in [-0.4, -0.2) is 72.6 Å². The van der Waals surface area contributed by atoms with Gasteiger partial charge in [-0.15, -0.1) is 0 Å². The first-order valence-electron chi connectivity index (χ1n) is 22.7. The van der Waals surface area contributed by atoms with Gasteiger partial charge in [0.2, 0.25) is 11.8 Å². The number of aliphatic carboxylic acids is 1. The molecule has 0 saturated carbocycles. The maximum absolute atomic E-state index is 14.5. The van der Waals surface area contributed by atoms with Crippen molar-refractivity contribution in [1.82, 2.24) is 4.90 Å². The van der Waals surface area contributed by atoms with Crippen LogP contribution in [0.2, 0.25) is 11.4 Å². The first-order valence-corrected chi connectivity index (χ1v) is 24.6. The molecule has 0 unspecified atom stereocenters. The molecular weight excluding hydrogens is 817 g/mol. The van der Waals surface area contributed by atoms with Gasteiger partial charge in [0.05, 0.1) is 24.5 Å². The van der Waals surface area contributed by atoms with Crippen LogP contribution in [0, 0.1) is 17.8 Å². The fourth-order valence-electron chi connectivity index (χ4n) is 10.7. The normalized spacial score (nSPS) is 20.5. The van der Waals surface area contributed by atoms with Crippen LogP contribution in [0.3, 0.4) is 0 Å². The average molecular weight is 876 g/mol. The lowest BCUT2D eigenvalue weighted by Crippen LogP contribution is -2.66. The van der Waals surface area contributed by atoms with Crippen molar-refractivity contribution in [1.29, 1.82) is 0 Å². The fourth-order valence-corrected chi connectivity index (χ4v) is 15.3. The molecule has 2 amide bonds. The van der Waals surface area contributed by atoms with Gasteiger partial charge in [-0.3, -0.25) is 19.3 Å². The molecule has 3 N–H and O–H groups in total. The summed E-state index contributed by atoms with van der Waals surface area (Å²) < 4.78 is 14.1. The molecule has 0 radical (unpaired) electrons. The van der Waals surface area contributed by atoms with Crippen molar-refractivity contribution in [3.8, 4) is 5.75 Å². The largest absolute Gasteiger partial charge is 0.507 e. The Labute approximate surface area is 377 Å². The van der Waals surface area contributed by atoms with E-state index in [-0.39, 0.29) is 48.5 Å². The number of allylic oxidation sites excluding steroid dienone is 1. The van der Waals surface area contributed by atoms with Crippen LogP contribution >= 0.6 is 0 Å². The second kappa shape index (κ2) is 19.3. The summed E-state index contributed by atoms with van der Waals surface area (Å²) in [4.78, 5) is 41.5. The van der Waals surface area contributed by atoms with E-state index in [1.165, 1.54) is 4.90 Å². The van der Waals surface area contributed by atoms with Crippen molar-refractivity contribution in [3.05, 3.63) is 150 Å². The molecule has 1 aliphatic carbocycles. The molecule has 5 aromatic carbocycles. The third-order valence-electron chi connectivity index (χ3n) is 13.6. The summed E-state index contributed by atoms with van der Waals surface area (Å²) in [5.41, 5.74) is 4.96. The lowest BCUT2D eigenvalue weighted by molar-refractivity contribution is -0.141. The van der Waals surface area contributed by atoms with Crippen LogP contribution < -0.4 is 10.4 Å². The molecule has 8 rings (SSSR count). The van der Waals surface area contributed by atoms with Crippen molar-refractivity contribution in [2.24, 2.45) is 17.8 Å². The summed E-state index contributed by atoms with van der Waals surface area (Å²) in [5, 5.41) is 35.1. The van der Waals surface area contributed by atoms with Gasteiger partial charge in [0.1, 0.15) is 5.75 Å². The highest BCUT2D eigenvalue weighted by molar-refractivity contribution is 6.99. The van der Waals surface area contributed by atoms with E-state index in [9.17, 15) is 24.5 Å². The molecule has 2 aliphatic heterocycles. The number of benzene rings is 5. The Morgan fingerprint density at radius 3 is 2.06 bits per heavy atom. The first-order chi connectivity index (χ1) is 30.9. The fraction of sp³-hybridized carbons (Fsp3) is 0.340. The Morgan fingerprint density at radius 1 is 0.797 bits per heavy atom. The quantitative estimate of drug-likeness (QED) is 0.0295. The van der Waals surface area contributed by atoms with Gasteiger partial charge >= 0.3 is 13.1 Å². The Kier molecular flexibility index (Phi) is 13.5.